The number of hydrogen-bond donors (Lipinski definition) is 0. The van der Waals surface area contributed by atoms with Crippen molar-refractivity contribution in [3.63, 3.8) is 0 Å². The van der Waals surface area contributed by atoms with Crippen LogP contribution in [0.3, 0.4) is 0 Å². The number of carbonyl (C=O) groups is 2. The molecule has 2 amide bonds. The number of ether oxygens (including phenoxy) is 1. The fourth-order valence-electron chi connectivity index (χ4n) is 3.15. The number of esters is 1. The van der Waals surface area contributed by atoms with Crippen LogP contribution in [0.2, 0.25) is 0 Å². The van der Waals surface area contributed by atoms with Gasteiger partial charge >= 0.3 is 46.1 Å². The second-order valence-electron chi connectivity index (χ2n) is 7.67. The Balaban J connectivity index is 0.000000771. The zero-order valence-electron chi connectivity index (χ0n) is 17.1. The van der Waals surface area contributed by atoms with E-state index in [-0.39, 0.29) is 60.1 Å². The third-order valence-electron chi connectivity index (χ3n) is 4.21. The average molecular weight is 437 g/mol. The van der Waals surface area contributed by atoms with E-state index in [0.717, 1.165) is 25.1 Å². The molecule has 2 fully saturated rings. The monoisotopic (exact) mass is 437 g/mol. The van der Waals surface area contributed by atoms with Crippen molar-refractivity contribution in [2.75, 3.05) is 6.54 Å². The maximum atomic E-state index is 11.8. The summed E-state index contributed by atoms with van der Waals surface area (Å²) in [6.45, 7) is 6.89. The average Bonchev–Trinajstić information content (AvgIpc) is 3.11. The van der Waals surface area contributed by atoms with Crippen LogP contribution in [0.1, 0.15) is 45.7 Å². The van der Waals surface area contributed by atoms with Crippen LogP contribution in [-0.2, 0) is 33.1 Å². The van der Waals surface area contributed by atoms with E-state index in [2.05, 4.69) is 15.6 Å². The van der Waals surface area contributed by atoms with Gasteiger partial charge in [0, 0.05) is 19.2 Å². The van der Waals surface area contributed by atoms with Gasteiger partial charge in [0.2, 0.25) is 0 Å². The number of urea groups is 1. The third-order valence-corrected chi connectivity index (χ3v) is 4.21. The molecule has 1 aromatic rings. The standard InChI is InChI=1S/C16H25N5O3.Na.O3S/c1-16(2,3)24-14(22)7-5-12-8-20(19-18-12)10-13-6-4-11-9-21(13)15(23)17-11;;1-4(2)3/h8,11,13H,4-7,9-10H2,1-3H3,(H,17,23);;/q;+1;/p-1/t11-,13+;;/m1../s1. The normalized spacial score (nSPS) is 20.1. The molecule has 0 aromatic carbocycles. The summed E-state index contributed by atoms with van der Waals surface area (Å²) in [6, 6.07) is 0.196. The molecule has 0 radical (unpaired) electrons. The summed E-state index contributed by atoms with van der Waals surface area (Å²) in [5.74, 6) is -0.236. The van der Waals surface area contributed by atoms with Gasteiger partial charge in [0.05, 0.1) is 12.1 Å². The van der Waals surface area contributed by atoms with Crippen molar-refractivity contribution in [2.24, 2.45) is 0 Å². The van der Waals surface area contributed by atoms with Crippen molar-refractivity contribution >= 4 is 22.6 Å². The molecule has 2 bridgehead atoms. The van der Waals surface area contributed by atoms with Gasteiger partial charge in [-0.3, -0.25) is 14.3 Å². The molecule has 0 spiro atoms. The Hall–Kier alpha value is -1.50. The first-order chi connectivity index (χ1) is 13.0. The minimum absolute atomic E-state index is 0. The van der Waals surface area contributed by atoms with E-state index in [1.165, 1.54) is 0 Å². The van der Waals surface area contributed by atoms with Crippen LogP contribution in [0.15, 0.2) is 6.20 Å². The summed E-state index contributed by atoms with van der Waals surface area (Å²) in [5, 5.41) is 12.3. The summed E-state index contributed by atoms with van der Waals surface area (Å²) >= 11 is 0. The van der Waals surface area contributed by atoms with Gasteiger partial charge in [-0.15, -0.1) is 17.7 Å². The summed E-state index contributed by atoms with van der Waals surface area (Å²) in [4.78, 5) is 25.4. The van der Waals surface area contributed by atoms with Crippen LogP contribution in [0.4, 0.5) is 4.79 Å². The number of nitrogens with zero attached hydrogens (tertiary/aromatic N) is 5. The Labute approximate surface area is 192 Å². The molecular weight excluding hydrogens is 413 g/mol. The van der Waals surface area contributed by atoms with Gasteiger partial charge in [-0.25, -0.2) is 0 Å². The van der Waals surface area contributed by atoms with Crippen LogP contribution in [0.5, 0.6) is 0 Å². The molecule has 29 heavy (non-hydrogen) atoms. The van der Waals surface area contributed by atoms with E-state index in [9.17, 15) is 9.59 Å². The van der Waals surface area contributed by atoms with Crippen molar-refractivity contribution in [3.05, 3.63) is 17.2 Å². The number of hydrogen-bond acceptors (Lipinski definition) is 8. The summed E-state index contributed by atoms with van der Waals surface area (Å²) in [5.41, 5.74) is 0.285. The van der Waals surface area contributed by atoms with Crippen molar-refractivity contribution in [2.45, 2.75) is 70.7 Å². The minimum Gasteiger partial charge on any atom is -0.460 e. The predicted octanol–water partition coefficient (Wildman–Crippen LogP) is -2.11. The maximum Gasteiger partial charge on any atom is 1.00 e. The molecular formula is C16H24N5NaO6S. The molecule has 3 heterocycles. The van der Waals surface area contributed by atoms with Gasteiger partial charge < -0.3 is 15.0 Å². The van der Waals surface area contributed by atoms with Gasteiger partial charge in [0.15, 0.2) is 6.03 Å². The van der Waals surface area contributed by atoms with Gasteiger partial charge in [-0.1, -0.05) is 11.6 Å². The number of fused-ring (bicyclic) bond motifs is 2. The van der Waals surface area contributed by atoms with E-state index in [4.69, 9.17) is 17.4 Å². The Morgan fingerprint density at radius 3 is 2.59 bits per heavy atom. The molecule has 2 atom stereocenters. The Bertz CT molecular complexity index is 815. The number of aryl methyl sites for hydroxylation is 1. The minimum atomic E-state index is -3.11. The maximum absolute atomic E-state index is 11.8. The summed E-state index contributed by atoms with van der Waals surface area (Å²) in [6.07, 6.45) is 4.51. The number of carbonyl (C=O) groups excluding carboxylic acids is 2. The number of rotatable bonds is 5. The Morgan fingerprint density at radius 2 is 1.97 bits per heavy atom. The molecule has 2 aliphatic heterocycles. The Kier molecular flexibility index (Phi) is 9.73. The molecule has 1 aromatic heterocycles. The molecule has 13 heteroatoms. The zero-order valence-corrected chi connectivity index (χ0v) is 19.9. The van der Waals surface area contributed by atoms with Crippen molar-refractivity contribution in [1.29, 1.82) is 0 Å². The topological polar surface area (TPSA) is 143 Å². The van der Waals surface area contributed by atoms with Crippen molar-refractivity contribution < 1.29 is 56.5 Å². The zero-order chi connectivity index (χ0) is 20.9. The first-order valence-corrected chi connectivity index (χ1v) is 9.92. The first-order valence-electron chi connectivity index (χ1n) is 8.92. The fraction of sp³-hybridized carbons (Fsp3) is 0.750. The van der Waals surface area contributed by atoms with Crippen LogP contribution in [-0.4, -0.2) is 68.8 Å². The van der Waals surface area contributed by atoms with E-state index < -0.39 is 16.2 Å². The molecule has 0 saturated carbocycles. The smallest absolute Gasteiger partial charge is 0.460 e. The van der Waals surface area contributed by atoms with Gasteiger partial charge in [0.1, 0.15) is 5.60 Å². The molecule has 2 aliphatic rings. The summed E-state index contributed by atoms with van der Waals surface area (Å²) < 4.78 is 32.4. The van der Waals surface area contributed by atoms with Crippen molar-refractivity contribution in [3.8, 4) is 0 Å². The van der Waals surface area contributed by atoms with E-state index >= 15 is 0 Å². The third kappa shape index (κ3) is 8.81. The van der Waals surface area contributed by atoms with Gasteiger partial charge in [0.25, 0.3) is 0 Å². The fourth-order valence-corrected chi connectivity index (χ4v) is 3.15. The van der Waals surface area contributed by atoms with E-state index in [0.29, 0.717) is 13.0 Å². The quantitative estimate of drug-likeness (QED) is 0.376. The van der Waals surface area contributed by atoms with E-state index in [1.54, 1.807) is 4.68 Å². The molecule has 0 N–H and O–H groups in total. The molecule has 11 nitrogen and oxygen atoms in total. The first kappa shape index (κ1) is 25.5. The van der Waals surface area contributed by atoms with Crippen LogP contribution >= 0.6 is 0 Å². The Morgan fingerprint density at radius 1 is 1.31 bits per heavy atom. The molecule has 0 unspecified atom stereocenters. The van der Waals surface area contributed by atoms with Crippen LogP contribution < -0.4 is 29.6 Å². The molecule has 2 saturated heterocycles. The largest absolute Gasteiger partial charge is 1.00 e. The second kappa shape index (κ2) is 11.0. The second-order valence-corrected chi connectivity index (χ2v) is 8.08. The molecule has 3 rings (SSSR count). The van der Waals surface area contributed by atoms with Gasteiger partial charge in [-0.05, 0) is 45.8 Å². The molecule has 0 aliphatic carbocycles. The van der Waals surface area contributed by atoms with E-state index in [1.807, 2.05) is 31.9 Å². The number of piperidine rings is 1. The SMILES string of the molecule is CC(C)(C)OC(=O)CCc1cn(C[C@@H]2CC[C@@H]3CN2C(=O)[N-]3)nn1.O=S(=O)=O.[Na+]. The number of amides is 2. The van der Waals surface area contributed by atoms with Crippen molar-refractivity contribution in [1.82, 2.24) is 19.9 Å². The van der Waals surface area contributed by atoms with Gasteiger partial charge in [-0.2, -0.15) is 0 Å². The van der Waals surface area contributed by atoms with Crippen LogP contribution in [0.25, 0.3) is 5.32 Å². The van der Waals surface area contributed by atoms with Crippen LogP contribution in [0, 0.1) is 0 Å². The number of aromatic nitrogens is 3. The predicted molar refractivity (Wildman–Crippen MR) is 96.2 cm³/mol. The molecule has 156 valence electrons. The summed E-state index contributed by atoms with van der Waals surface area (Å²) in [7, 11) is -3.11.